The van der Waals surface area contributed by atoms with Gasteiger partial charge in [0, 0.05) is 37.4 Å². The molecule has 1 aliphatic rings. The fraction of sp³-hybridized carbons (Fsp3) is 0.529. The van der Waals surface area contributed by atoms with E-state index in [4.69, 9.17) is 4.42 Å². The molecule has 0 aliphatic carbocycles. The number of alkyl halides is 3. The van der Waals surface area contributed by atoms with Crippen molar-refractivity contribution in [2.24, 2.45) is 0 Å². The minimum absolute atomic E-state index is 0.284. The van der Waals surface area contributed by atoms with Gasteiger partial charge in [0.05, 0.1) is 11.6 Å². The first-order chi connectivity index (χ1) is 12.2. The summed E-state index contributed by atoms with van der Waals surface area (Å²) in [7, 11) is 0. The van der Waals surface area contributed by atoms with Crippen molar-refractivity contribution in [3.8, 4) is 0 Å². The molecule has 0 bridgehead atoms. The quantitative estimate of drug-likeness (QED) is 0.862. The summed E-state index contributed by atoms with van der Waals surface area (Å²) in [5.74, 6) is 0.0634. The first-order valence-corrected chi connectivity index (χ1v) is 8.34. The second-order valence-corrected chi connectivity index (χ2v) is 6.87. The number of nitrogens with one attached hydrogen (secondary N) is 2. The lowest BCUT2D eigenvalue weighted by molar-refractivity contribution is -0.140. The number of furan rings is 1. The molecule has 1 aliphatic heterocycles. The van der Waals surface area contributed by atoms with Gasteiger partial charge in [0.2, 0.25) is 5.91 Å². The van der Waals surface area contributed by atoms with E-state index in [2.05, 4.69) is 10.3 Å². The molecule has 1 saturated heterocycles. The molecule has 3 rings (SSSR count). The van der Waals surface area contributed by atoms with E-state index in [1.165, 1.54) is 0 Å². The van der Waals surface area contributed by atoms with Gasteiger partial charge in [-0.2, -0.15) is 13.2 Å². The summed E-state index contributed by atoms with van der Waals surface area (Å²) in [5.41, 5.74) is 0.196. The third-order valence-electron chi connectivity index (χ3n) is 4.67. The number of nitrogens with zero attached hydrogens (tertiary/aromatic N) is 2. The van der Waals surface area contributed by atoms with Crippen molar-refractivity contribution in [3.63, 3.8) is 0 Å². The molecule has 1 atom stereocenters. The first kappa shape index (κ1) is 18.7. The number of pyridine rings is 1. The molecular weight excluding hydrogens is 349 g/mol. The number of hydrogen-bond acceptors (Lipinski definition) is 5. The van der Waals surface area contributed by atoms with Crippen LogP contribution in [0.25, 0.3) is 11.0 Å². The number of rotatable bonds is 4. The Morgan fingerprint density at radius 1 is 1.46 bits per heavy atom. The number of fused-ring (bicyclic) bond motifs is 1. The van der Waals surface area contributed by atoms with Crippen LogP contribution in [0.15, 0.2) is 28.9 Å². The molecule has 1 fully saturated rings. The highest BCUT2D eigenvalue weighted by molar-refractivity contribution is 5.82. The molecule has 3 heterocycles. The molecule has 9 heteroatoms. The maximum Gasteiger partial charge on any atom is 0.405 e. The summed E-state index contributed by atoms with van der Waals surface area (Å²) in [6.07, 6.45) is -1.07. The van der Waals surface area contributed by atoms with Crippen LogP contribution < -0.4 is 10.6 Å². The zero-order valence-electron chi connectivity index (χ0n) is 14.6. The van der Waals surface area contributed by atoms with E-state index in [1.807, 2.05) is 30.1 Å². The third kappa shape index (κ3) is 3.99. The van der Waals surface area contributed by atoms with Crippen molar-refractivity contribution < 1.29 is 22.4 Å². The number of halogens is 3. The minimum atomic E-state index is -4.43. The van der Waals surface area contributed by atoms with E-state index in [9.17, 15) is 18.0 Å². The highest BCUT2D eigenvalue weighted by Crippen LogP contribution is 2.32. The smallest absolute Gasteiger partial charge is 0.405 e. The van der Waals surface area contributed by atoms with Crippen LogP contribution in [0.4, 0.5) is 13.2 Å². The molecule has 0 aromatic carbocycles. The van der Waals surface area contributed by atoms with Crippen LogP contribution in [0.3, 0.4) is 0 Å². The highest BCUT2D eigenvalue weighted by atomic mass is 19.4. The summed E-state index contributed by atoms with van der Waals surface area (Å²) in [5, 5.41) is 5.79. The Morgan fingerprint density at radius 3 is 2.92 bits per heavy atom. The Labute approximate surface area is 148 Å². The van der Waals surface area contributed by atoms with Crippen LogP contribution >= 0.6 is 0 Å². The van der Waals surface area contributed by atoms with E-state index >= 15 is 0 Å². The zero-order chi connectivity index (χ0) is 18.9. The first-order valence-electron chi connectivity index (χ1n) is 8.34. The predicted molar refractivity (Wildman–Crippen MR) is 89.5 cm³/mol. The lowest BCUT2D eigenvalue weighted by Crippen LogP contribution is -2.61. The SMILES string of the molecule is CC(C)(c1cc2cnccc2o1)N1CCNC(C(=O)NCC(F)(F)F)C1. The molecule has 2 aromatic rings. The second kappa shape index (κ2) is 6.88. The topological polar surface area (TPSA) is 70.4 Å². The van der Waals surface area contributed by atoms with Gasteiger partial charge >= 0.3 is 6.18 Å². The van der Waals surface area contributed by atoms with Crippen molar-refractivity contribution in [2.45, 2.75) is 31.6 Å². The summed E-state index contributed by atoms with van der Waals surface area (Å²) in [6, 6.07) is 2.97. The van der Waals surface area contributed by atoms with E-state index in [1.54, 1.807) is 18.5 Å². The van der Waals surface area contributed by atoms with Gasteiger partial charge in [-0.1, -0.05) is 0 Å². The summed E-state index contributed by atoms with van der Waals surface area (Å²) < 4.78 is 42.8. The fourth-order valence-electron chi connectivity index (χ4n) is 3.09. The zero-order valence-corrected chi connectivity index (χ0v) is 14.6. The molecular formula is C17H21F3N4O2. The normalized spacial score (nSPS) is 19.7. The van der Waals surface area contributed by atoms with Gasteiger partial charge in [0.1, 0.15) is 17.9 Å². The third-order valence-corrected chi connectivity index (χ3v) is 4.67. The average molecular weight is 370 g/mol. The van der Waals surface area contributed by atoms with E-state index in [-0.39, 0.29) is 6.54 Å². The summed E-state index contributed by atoms with van der Waals surface area (Å²) in [6.45, 7) is 4.03. The van der Waals surface area contributed by atoms with Crippen LogP contribution in [-0.2, 0) is 10.3 Å². The van der Waals surface area contributed by atoms with E-state index in [0.29, 0.717) is 13.1 Å². The number of amides is 1. The standard InChI is InChI=1S/C17H21F3N4O2/c1-16(2,14-7-11-8-21-4-3-13(11)26-14)24-6-5-22-12(9-24)15(25)23-10-17(18,19)20/h3-4,7-8,12,22H,5-6,9-10H2,1-2H3,(H,23,25). The Balaban J connectivity index is 1.72. The van der Waals surface area contributed by atoms with E-state index < -0.39 is 30.2 Å². The highest BCUT2D eigenvalue weighted by Gasteiger charge is 2.38. The van der Waals surface area contributed by atoms with Crippen molar-refractivity contribution in [2.75, 3.05) is 26.2 Å². The Kier molecular flexibility index (Phi) is 4.94. The van der Waals surface area contributed by atoms with Gasteiger partial charge in [-0.15, -0.1) is 0 Å². The maximum atomic E-state index is 12.3. The number of piperazine rings is 1. The minimum Gasteiger partial charge on any atom is -0.459 e. The van der Waals surface area contributed by atoms with Gasteiger partial charge in [-0.25, -0.2) is 0 Å². The van der Waals surface area contributed by atoms with Gasteiger partial charge < -0.3 is 15.1 Å². The van der Waals surface area contributed by atoms with E-state index in [0.717, 1.165) is 16.7 Å². The Morgan fingerprint density at radius 2 is 2.23 bits per heavy atom. The fourth-order valence-corrected chi connectivity index (χ4v) is 3.09. The van der Waals surface area contributed by atoms with Gasteiger partial charge in [0.15, 0.2) is 0 Å². The van der Waals surface area contributed by atoms with Crippen LogP contribution in [0.1, 0.15) is 19.6 Å². The molecule has 1 unspecified atom stereocenters. The van der Waals surface area contributed by atoms with Crippen LogP contribution in [0.2, 0.25) is 0 Å². The molecule has 26 heavy (non-hydrogen) atoms. The number of carbonyl (C=O) groups excluding carboxylic acids is 1. The lowest BCUT2D eigenvalue weighted by atomic mass is 9.96. The largest absolute Gasteiger partial charge is 0.459 e. The molecule has 0 radical (unpaired) electrons. The predicted octanol–water partition coefficient (Wildman–Crippen LogP) is 2.02. The molecule has 6 nitrogen and oxygen atoms in total. The second-order valence-electron chi connectivity index (χ2n) is 6.87. The average Bonchev–Trinajstić information content (AvgIpc) is 3.04. The summed E-state index contributed by atoms with van der Waals surface area (Å²) >= 11 is 0. The molecule has 0 saturated carbocycles. The van der Waals surface area contributed by atoms with Crippen molar-refractivity contribution in [3.05, 3.63) is 30.3 Å². The summed E-state index contributed by atoms with van der Waals surface area (Å²) in [4.78, 5) is 18.2. The van der Waals surface area contributed by atoms with Crippen molar-refractivity contribution in [1.82, 2.24) is 20.5 Å². The molecule has 1 amide bonds. The van der Waals surface area contributed by atoms with Crippen LogP contribution in [0, 0.1) is 0 Å². The maximum absolute atomic E-state index is 12.3. The number of hydrogen-bond donors (Lipinski definition) is 2. The Bertz CT molecular complexity index is 755. The molecule has 2 N–H and O–H groups in total. The van der Waals surface area contributed by atoms with Crippen LogP contribution in [0.5, 0.6) is 0 Å². The number of aromatic nitrogens is 1. The lowest BCUT2D eigenvalue weighted by Gasteiger charge is -2.42. The number of carbonyl (C=O) groups is 1. The van der Waals surface area contributed by atoms with Crippen LogP contribution in [-0.4, -0.2) is 54.2 Å². The van der Waals surface area contributed by atoms with Crippen molar-refractivity contribution >= 4 is 16.9 Å². The van der Waals surface area contributed by atoms with Crippen molar-refractivity contribution in [1.29, 1.82) is 0 Å². The van der Waals surface area contributed by atoms with Gasteiger partial charge in [-0.05, 0) is 26.0 Å². The molecule has 0 spiro atoms. The molecule has 2 aromatic heterocycles. The molecule has 142 valence electrons. The Hall–Kier alpha value is -2.13. The van der Waals surface area contributed by atoms with Gasteiger partial charge in [0.25, 0.3) is 0 Å². The monoisotopic (exact) mass is 370 g/mol. The van der Waals surface area contributed by atoms with Gasteiger partial charge in [-0.3, -0.25) is 14.7 Å².